The van der Waals surface area contributed by atoms with E-state index in [0.717, 1.165) is 22.8 Å². The topological polar surface area (TPSA) is 59.9 Å². The molecule has 3 rings (SSSR count). The van der Waals surface area contributed by atoms with Crippen molar-refractivity contribution < 1.29 is 14.3 Å². The van der Waals surface area contributed by atoms with Crippen molar-refractivity contribution >= 4 is 22.9 Å². The van der Waals surface area contributed by atoms with Crippen molar-refractivity contribution in [1.82, 2.24) is 5.43 Å². The third-order valence-electron chi connectivity index (χ3n) is 4.96. The van der Waals surface area contributed by atoms with E-state index in [9.17, 15) is 4.79 Å². The molecule has 29 heavy (non-hydrogen) atoms. The molecule has 5 nitrogen and oxygen atoms in total. The molecule has 0 spiro atoms. The Kier molecular flexibility index (Phi) is 6.85. The molecule has 1 atom stereocenters. The third kappa shape index (κ3) is 5.13. The molecule has 0 aromatic heterocycles. The van der Waals surface area contributed by atoms with Crippen LogP contribution in [0.3, 0.4) is 0 Å². The molecule has 3 aromatic rings. The quantitative estimate of drug-likeness (QED) is 0.440. The molecule has 0 aliphatic heterocycles. The molecule has 0 fully saturated rings. The number of nitrogens with zero attached hydrogens (tertiary/aromatic N) is 1. The molecule has 1 unspecified atom stereocenters. The fourth-order valence-electron chi connectivity index (χ4n) is 3.07. The van der Waals surface area contributed by atoms with Gasteiger partial charge < -0.3 is 9.47 Å². The van der Waals surface area contributed by atoms with Crippen LogP contribution in [0.5, 0.6) is 11.5 Å². The van der Waals surface area contributed by atoms with Gasteiger partial charge in [-0.2, -0.15) is 5.10 Å². The van der Waals surface area contributed by atoms with Crippen molar-refractivity contribution in [1.29, 1.82) is 0 Å². The number of benzene rings is 3. The zero-order valence-corrected chi connectivity index (χ0v) is 17.0. The van der Waals surface area contributed by atoms with Gasteiger partial charge >= 0.3 is 0 Å². The Morgan fingerprint density at radius 3 is 2.59 bits per heavy atom. The maximum absolute atomic E-state index is 12.1. The van der Waals surface area contributed by atoms with Crippen LogP contribution in [0.4, 0.5) is 0 Å². The molecule has 0 radical (unpaired) electrons. The molecular formula is C24H26N2O3. The maximum atomic E-state index is 12.1. The highest BCUT2D eigenvalue weighted by atomic mass is 16.5. The number of hydrogen-bond acceptors (Lipinski definition) is 4. The number of hydrazone groups is 1. The molecule has 1 N–H and O–H groups in total. The lowest BCUT2D eigenvalue weighted by Crippen LogP contribution is -2.24. The molecule has 0 saturated carbocycles. The highest BCUT2D eigenvalue weighted by molar-refractivity contribution is 6.02. The van der Waals surface area contributed by atoms with Crippen LogP contribution in [0, 0.1) is 0 Å². The number of nitrogens with one attached hydrogen (secondary N) is 1. The van der Waals surface area contributed by atoms with E-state index in [2.05, 4.69) is 24.4 Å². The van der Waals surface area contributed by atoms with Gasteiger partial charge in [-0.25, -0.2) is 5.43 Å². The number of carbonyl (C=O) groups excluding carboxylic acids is 1. The van der Waals surface area contributed by atoms with Gasteiger partial charge in [-0.15, -0.1) is 0 Å². The van der Waals surface area contributed by atoms with Gasteiger partial charge in [0.05, 0.1) is 13.3 Å². The molecule has 0 aliphatic carbocycles. The van der Waals surface area contributed by atoms with Gasteiger partial charge in [0, 0.05) is 5.56 Å². The Morgan fingerprint density at radius 2 is 1.86 bits per heavy atom. The summed E-state index contributed by atoms with van der Waals surface area (Å²) in [5, 5.41) is 6.15. The van der Waals surface area contributed by atoms with Gasteiger partial charge in [0.2, 0.25) is 0 Å². The van der Waals surface area contributed by atoms with Crippen LogP contribution in [0.15, 0.2) is 65.8 Å². The summed E-state index contributed by atoms with van der Waals surface area (Å²) in [5.41, 5.74) is 4.58. The van der Waals surface area contributed by atoms with Crippen molar-refractivity contribution in [3.8, 4) is 11.5 Å². The molecule has 1 amide bonds. The van der Waals surface area contributed by atoms with Crippen molar-refractivity contribution in [3.05, 3.63) is 71.8 Å². The molecule has 5 heteroatoms. The SMILES string of the molecule is CCC(C)c1ccc(OCC(=O)NN=Cc2c(OC)ccc3ccccc23)cc1. The van der Waals surface area contributed by atoms with E-state index in [1.54, 1.807) is 13.3 Å². The first kappa shape index (κ1) is 20.4. The van der Waals surface area contributed by atoms with Crippen LogP contribution in [0.1, 0.15) is 37.3 Å². The van der Waals surface area contributed by atoms with Crippen LogP contribution >= 0.6 is 0 Å². The lowest BCUT2D eigenvalue weighted by molar-refractivity contribution is -0.123. The summed E-state index contributed by atoms with van der Waals surface area (Å²) >= 11 is 0. The summed E-state index contributed by atoms with van der Waals surface area (Å²) in [6.07, 6.45) is 2.68. The second kappa shape index (κ2) is 9.73. The van der Waals surface area contributed by atoms with Gasteiger partial charge in [-0.1, -0.05) is 56.3 Å². The summed E-state index contributed by atoms with van der Waals surface area (Å²) in [7, 11) is 1.61. The maximum Gasteiger partial charge on any atom is 0.277 e. The molecule has 150 valence electrons. The zero-order valence-electron chi connectivity index (χ0n) is 17.0. The monoisotopic (exact) mass is 390 g/mol. The Balaban J connectivity index is 1.60. The van der Waals surface area contributed by atoms with E-state index in [1.807, 2.05) is 60.7 Å². The van der Waals surface area contributed by atoms with Crippen LogP contribution in [0.25, 0.3) is 10.8 Å². The second-order valence-corrected chi connectivity index (χ2v) is 6.86. The van der Waals surface area contributed by atoms with Crippen LogP contribution in [-0.2, 0) is 4.79 Å². The third-order valence-corrected chi connectivity index (χ3v) is 4.96. The largest absolute Gasteiger partial charge is 0.496 e. The predicted molar refractivity (Wildman–Crippen MR) is 117 cm³/mol. The summed E-state index contributed by atoms with van der Waals surface area (Å²) in [6, 6.07) is 19.7. The fraction of sp³-hybridized carbons (Fsp3) is 0.250. The molecule has 3 aromatic carbocycles. The second-order valence-electron chi connectivity index (χ2n) is 6.86. The van der Waals surface area contributed by atoms with Crippen molar-refractivity contribution in [2.24, 2.45) is 5.10 Å². The van der Waals surface area contributed by atoms with Crippen LogP contribution < -0.4 is 14.9 Å². The van der Waals surface area contributed by atoms with E-state index < -0.39 is 0 Å². The normalized spacial score (nSPS) is 12.1. The predicted octanol–water partition coefficient (Wildman–Crippen LogP) is 4.89. The minimum Gasteiger partial charge on any atom is -0.496 e. The highest BCUT2D eigenvalue weighted by Crippen LogP contribution is 2.26. The Morgan fingerprint density at radius 1 is 1.10 bits per heavy atom. The van der Waals surface area contributed by atoms with Crippen molar-refractivity contribution in [2.75, 3.05) is 13.7 Å². The number of fused-ring (bicyclic) bond motifs is 1. The van der Waals surface area contributed by atoms with Crippen molar-refractivity contribution in [2.45, 2.75) is 26.2 Å². The average Bonchev–Trinajstić information content (AvgIpc) is 2.77. The molecular weight excluding hydrogens is 364 g/mol. The first-order chi connectivity index (χ1) is 14.1. The van der Waals surface area contributed by atoms with Gasteiger partial charge in [-0.3, -0.25) is 4.79 Å². The van der Waals surface area contributed by atoms with E-state index in [0.29, 0.717) is 17.4 Å². The first-order valence-electron chi connectivity index (χ1n) is 9.72. The Hall–Kier alpha value is -3.34. The number of amides is 1. The van der Waals surface area contributed by atoms with Gasteiger partial charge in [0.1, 0.15) is 11.5 Å². The number of carbonyl (C=O) groups is 1. The first-order valence-corrected chi connectivity index (χ1v) is 9.72. The smallest absolute Gasteiger partial charge is 0.277 e. The van der Waals surface area contributed by atoms with Crippen molar-refractivity contribution in [3.63, 3.8) is 0 Å². The van der Waals surface area contributed by atoms with Crippen LogP contribution in [0.2, 0.25) is 0 Å². The van der Waals surface area contributed by atoms with E-state index in [1.165, 1.54) is 5.56 Å². The van der Waals surface area contributed by atoms with Gasteiger partial charge in [0.25, 0.3) is 5.91 Å². The Labute approximate surface area is 171 Å². The van der Waals surface area contributed by atoms with E-state index in [4.69, 9.17) is 9.47 Å². The molecule has 0 heterocycles. The number of hydrogen-bond donors (Lipinski definition) is 1. The summed E-state index contributed by atoms with van der Waals surface area (Å²) in [5.74, 6) is 1.53. The summed E-state index contributed by atoms with van der Waals surface area (Å²) < 4.78 is 11.0. The highest BCUT2D eigenvalue weighted by Gasteiger charge is 2.07. The van der Waals surface area contributed by atoms with E-state index in [-0.39, 0.29) is 12.5 Å². The lowest BCUT2D eigenvalue weighted by atomic mass is 9.99. The van der Waals surface area contributed by atoms with Crippen LogP contribution in [-0.4, -0.2) is 25.8 Å². The minimum absolute atomic E-state index is 0.104. The molecule has 0 bridgehead atoms. The zero-order chi connectivity index (χ0) is 20.6. The molecule has 0 saturated heterocycles. The number of methoxy groups -OCH3 is 1. The standard InChI is InChI=1S/C24H26N2O3/c1-4-17(2)18-9-12-20(13-10-18)29-16-24(27)26-25-15-22-21-8-6-5-7-19(21)11-14-23(22)28-3/h5-15,17H,4,16H2,1-3H3,(H,26,27). The molecule has 0 aliphatic rings. The Bertz CT molecular complexity index is 997. The number of rotatable bonds is 8. The average molecular weight is 390 g/mol. The van der Waals surface area contributed by atoms with E-state index >= 15 is 0 Å². The number of ether oxygens (including phenoxy) is 2. The lowest BCUT2D eigenvalue weighted by Gasteiger charge is -2.10. The summed E-state index contributed by atoms with van der Waals surface area (Å²) in [4.78, 5) is 12.1. The minimum atomic E-state index is -0.327. The van der Waals surface area contributed by atoms with Gasteiger partial charge in [0.15, 0.2) is 6.61 Å². The van der Waals surface area contributed by atoms with Gasteiger partial charge in [-0.05, 0) is 46.9 Å². The fourth-order valence-corrected chi connectivity index (χ4v) is 3.07. The summed E-state index contributed by atoms with van der Waals surface area (Å²) in [6.45, 7) is 4.24.